The standard InChI is InChI=1S/C19H18FN3O2S/c1-11-15(12-4-6-14(20)7-5-12)16-17(21-10-22-18(16)26-11)23-8-2-3-13(9-23)19(24)25/h4-7,10,13H,2-3,8-9H2,1H3,(H,24,25). The molecule has 0 aliphatic carbocycles. The van der Waals surface area contributed by atoms with Crippen molar-refractivity contribution in [2.75, 3.05) is 18.0 Å². The SMILES string of the molecule is Cc1sc2ncnc(N3CCCC(C(=O)O)C3)c2c1-c1ccc(F)cc1. The monoisotopic (exact) mass is 371 g/mol. The van der Waals surface area contributed by atoms with Gasteiger partial charge in [-0.25, -0.2) is 14.4 Å². The van der Waals surface area contributed by atoms with E-state index in [1.807, 2.05) is 11.8 Å². The lowest BCUT2D eigenvalue weighted by Gasteiger charge is -2.32. The Labute approximate surface area is 154 Å². The maximum Gasteiger partial charge on any atom is 0.308 e. The van der Waals surface area contributed by atoms with Gasteiger partial charge in [-0.05, 0) is 37.5 Å². The Kier molecular flexibility index (Phi) is 4.32. The van der Waals surface area contributed by atoms with Gasteiger partial charge in [0.2, 0.25) is 0 Å². The highest BCUT2D eigenvalue weighted by atomic mass is 32.1. The number of fused-ring (bicyclic) bond motifs is 1. The quantitative estimate of drug-likeness (QED) is 0.751. The number of piperidine rings is 1. The number of carboxylic acid groups (broad SMARTS) is 1. The first-order chi connectivity index (χ1) is 12.5. The Balaban J connectivity index is 1.85. The zero-order valence-electron chi connectivity index (χ0n) is 14.3. The van der Waals surface area contributed by atoms with Crippen LogP contribution in [0.5, 0.6) is 0 Å². The van der Waals surface area contributed by atoms with Crippen molar-refractivity contribution in [2.45, 2.75) is 19.8 Å². The van der Waals surface area contributed by atoms with Crippen LogP contribution in [0, 0.1) is 18.7 Å². The molecule has 3 heterocycles. The summed E-state index contributed by atoms with van der Waals surface area (Å²) in [4.78, 5) is 24.3. The van der Waals surface area contributed by atoms with Gasteiger partial charge in [-0.1, -0.05) is 12.1 Å². The summed E-state index contributed by atoms with van der Waals surface area (Å²) in [6, 6.07) is 6.42. The normalized spacial score (nSPS) is 17.6. The molecule has 134 valence electrons. The van der Waals surface area contributed by atoms with Crippen LogP contribution in [0.15, 0.2) is 30.6 Å². The van der Waals surface area contributed by atoms with Crippen LogP contribution < -0.4 is 4.90 Å². The fourth-order valence-corrected chi connectivity index (χ4v) is 4.61. The van der Waals surface area contributed by atoms with Crippen LogP contribution in [-0.2, 0) is 4.79 Å². The first-order valence-electron chi connectivity index (χ1n) is 8.52. The highest BCUT2D eigenvalue weighted by Gasteiger charge is 2.28. The van der Waals surface area contributed by atoms with Crippen molar-refractivity contribution >= 4 is 33.3 Å². The van der Waals surface area contributed by atoms with Crippen molar-refractivity contribution in [3.63, 3.8) is 0 Å². The van der Waals surface area contributed by atoms with Crippen LogP contribution in [0.4, 0.5) is 10.2 Å². The van der Waals surface area contributed by atoms with E-state index in [4.69, 9.17) is 0 Å². The zero-order chi connectivity index (χ0) is 18.3. The van der Waals surface area contributed by atoms with E-state index in [0.29, 0.717) is 13.0 Å². The first-order valence-corrected chi connectivity index (χ1v) is 9.34. The minimum Gasteiger partial charge on any atom is -0.481 e. The number of hydrogen-bond donors (Lipinski definition) is 1. The molecule has 1 fully saturated rings. The van der Waals surface area contributed by atoms with Gasteiger partial charge >= 0.3 is 5.97 Å². The number of thiophene rings is 1. The van der Waals surface area contributed by atoms with Crippen molar-refractivity contribution in [1.29, 1.82) is 0 Å². The van der Waals surface area contributed by atoms with E-state index in [1.165, 1.54) is 18.5 Å². The lowest BCUT2D eigenvalue weighted by molar-refractivity contribution is -0.141. The number of carbonyl (C=O) groups is 1. The van der Waals surface area contributed by atoms with E-state index in [2.05, 4.69) is 9.97 Å². The van der Waals surface area contributed by atoms with Crippen molar-refractivity contribution in [3.8, 4) is 11.1 Å². The number of halogens is 1. The Morgan fingerprint density at radius 3 is 2.81 bits per heavy atom. The second-order valence-corrected chi connectivity index (χ2v) is 7.74. The van der Waals surface area contributed by atoms with Gasteiger partial charge in [0, 0.05) is 23.5 Å². The molecule has 0 spiro atoms. The number of hydrogen-bond acceptors (Lipinski definition) is 5. The minimum absolute atomic E-state index is 0.275. The average molecular weight is 371 g/mol. The zero-order valence-corrected chi connectivity index (χ0v) is 15.1. The molecule has 1 N–H and O–H groups in total. The number of anilines is 1. The van der Waals surface area contributed by atoms with E-state index < -0.39 is 5.97 Å². The summed E-state index contributed by atoms with van der Waals surface area (Å²) >= 11 is 1.58. The molecule has 0 saturated carbocycles. The van der Waals surface area contributed by atoms with E-state index in [0.717, 1.165) is 45.0 Å². The molecular formula is C19H18FN3O2S. The molecule has 3 aromatic rings. The third-order valence-corrected chi connectivity index (χ3v) is 5.86. The van der Waals surface area contributed by atoms with E-state index in [1.54, 1.807) is 23.5 Å². The molecule has 1 unspecified atom stereocenters. The second-order valence-electron chi connectivity index (χ2n) is 6.54. The van der Waals surface area contributed by atoms with Crippen molar-refractivity contribution in [3.05, 3.63) is 41.3 Å². The minimum atomic E-state index is -0.764. The smallest absolute Gasteiger partial charge is 0.308 e. The third kappa shape index (κ3) is 2.92. The molecule has 5 nitrogen and oxygen atoms in total. The molecule has 1 saturated heterocycles. The lowest BCUT2D eigenvalue weighted by atomic mass is 9.97. The van der Waals surface area contributed by atoms with Crippen LogP contribution in [0.25, 0.3) is 21.3 Å². The maximum atomic E-state index is 13.3. The van der Waals surface area contributed by atoms with Crippen molar-refractivity contribution in [1.82, 2.24) is 9.97 Å². The Morgan fingerprint density at radius 2 is 2.08 bits per heavy atom. The molecule has 1 aliphatic heterocycles. The van der Waals surface area contributed by atoms with Gasteiger partial charge in [0.1, 0.15) is 22.8 Å². The fourth-order valence-electron chi connectivity index (χ4n) is 3.60. The number of aromatic nitrogens is 2. The van der Waals surface area contributed by atoms with Crippen LogP contribution in [0.1, 0.15) is 17.7 Å². The van der Waals surface area contributed by atoms with Gasteiger partial charge in [-0.2, -0.15) is 0 Å². The Bertz CT molecular complexity index is 971. The topological polar surface area (TPSA) is 66.3 Å². The fraction of sp³-hybridized carbons (Fsp3) is 0.316. The molecule has 0 amide bonds. The van der Waals surface area contributed by atoms with Crippen LogP contribution in [0.3, 0.4) is 0 Å². The van der Waals surface area contributed by atoms with Crippen LogP contribution >= 0.6 is 11.3 Å². The first kappa shape index (κ1) is 16.9. The summed E-state index contributed by atoms with van der Waals surface area (Å²) in [5.41, 5.74) is 1.91. The third-order valence-electron chi connectivity index (χ3n) is 4.85. The number of aliphatic carboxylic acids is 1. The summed E-state index contributed by atoms with van der Waals surface area (Å²) in [6.07, 6.45) is 3.04. The molecule has 2 aromatic heterocycles. The van der Waals surface area contributed by atoms with Crippen molar-refractivity contribution < 1.29 is 14.3 Å². The van der Waals surface area contributed by atoms with E-state index in [9.17, 15) is 14.3 Å². The van der Waals surface area contributed by atoms with Gasteiger partial charge in [0.15, 0.2) is 0 Å². The number of rotatable bonds is 3. The molecule has 0 radical (unpaired) electrons. The molecule has 1 aliphatic rings. The summed E-state index contributed by atoms with van der Waals surface area (Å²) in [5.74, 6) is -0.657. The molecule has 0 bridgehead atoms. The van der Waals surface area contributed by atoms with E-state index in [-0.39, 0.29) is 11.7 Å². The summed E-state index contributed by atoms with van der Waals surface area (Å²) in [6.45, 7) is 3.23. The Hall–Kier alpha value is -2.54. The molecule has 7 heteroatoms. The second kappa shape index (κ2) is 6.64. The molecule has 1 atom stereocenters. The predicted molar refractivity (Wildman–Crippen MR) is 100 cm³/mol. The summed E-state index contributed by atoms with van der Waals surface area (Å²) < 4.78 is 13.3. The highest BCUT2D eigenvalue weighted by molar-refractivity contribution is 7.19. The van der Waals surface area contributed by atoms with E-state index >= 15 is 0 Å². The van der Waals surface area contributed by atoms with Crippen LogP contribution in [-0.4, -0.2) is 34.1 Å². The van der Waals surface area contributed by atoms with Gasteiger partial charge in [0.05, 0.1) is 11.3 Å². The predicted octanol–water partition coefficient (Wildman–Crippen LogP) is 4.11. The van der Waals surface area contributed by atoms with Gasteiger partial charge in [0.25, 0.3) is 0 Å². The molecule has 26 heavy (non-hydrogen) atoms. The lowest BCUT2D eigenvalue weighted by Crippen LogP contribution is -2.39. The maximum absolute atomic E-state index is 13.3. The van der Waals surface area contributed by atoms with Crippen LogP contribution in [0.2, 0.25) is 0 Å². The van der Waals surface area contributed by atoms with Gasteiger partial charge in [-0.15, -0.1) is 11.3 Å². The summed E-state index contributed by atoms with van der Waals surface area (Å²) in [7, 11) is 0. The summed E-state index contributed by atoms with van der Waals surface area (Å²) in [5, 5.41) is 10.3. The number of nitrogens with zero attached hydrogens (tertiary/aromatic N) is 3. The number of benzene rings is 1. The molecular weight excluding hydrogens is 353 g/mol. The number of carboxylic acids is 1. The Morgan fingerprint density at radius 1 is 1.31 bits per heavy atom. The molecule has 1 aromatic carbocycles. The van der Waals surface area contributed by atoms with Gasteiger partial charge < -0.3 is 10.0 Å². The molecule has 4 rings (SSSR count). The number of aryl methyl sites for hydroxylation is 1. The van der Waals surface area contributed by atoms with Crippen molar-refractivity contribution in [2.24, 2.45) is 5.92 Å². The van der Waals surface area contributed by atoms with Gasteiger partial charge in [-0.3, -0.25) is 4.79 Å². The highest BCUT2D eigenvalue weighted by Crippen LogP contribution is 2.42. The average Bonchev–Trinajstić information content (AvgIpc) is 2.98. The largest absolute Gasteiger partial charge is 0.481 e.